The molecule has 0 spiro atoms. The summed E-state index contributed by atoms with van der Waals surface area (Å²) in [6, 6.07) is 2.10. The van der Waals surface area contributed by atoms with Gasteiger partial charge in [-0.1, -0.05) is 6.92 Å². The van der Waals surface area contributed by atoms with Crippen molar-refractivity contribution in [2.75, 3.05) is 5.43 Å². The van der Waals surface area contributed by atoms with Crippen LogP contribution in [0.1, 0.15) is 11.8 Å². The molecule has 0 aromatic carbocycles. The zero-order chi connectivity index (χ0) is 13.4. The van der Waals surface area contributed by atoms with Crippen molar-refractivity contribution in [2.24, 2.45) is 5.84 Å². The molecule has 0 unspecified atom stereocenters. The molecule has 19 heavy (non-hydrogen) atoms. The van der Waals surface area contributed by atoms with Crippen molar-refractivity contribution < 1.29 is 0 Å². The second-order valence-corrected chi connectivity index (χ2v) is 5.93. The average molecular weight is 339 g/mol. The lowest BCUT2D eigenvalue weighted by atomic mass is 10.3. The van der Waals surface area contributed by atoms with E-state index in [2.05, 4.69) is 49.4 Å². The Morgan fingerprint density at radius 2 is 2.32 bits per heavy atom. The first-order valence-corrected chi connectivity index (χ1v) is 7.30. The van der Waals surface area contributed by atoms with Gasteiger partial charge in [-0.2, -0.15) is 10.1 Å². The lowest BCUT2D eigenvalue weighted by Crippen LogP contribution is -2.12. The van der Waals surface area contributed by atoms with E-state index < -0.39 is 0 Å². The molecule has 0 aliphatic carbocycles. The van der Waals surface area contributed by atoms with Crippen molar-refractivity contribution in [3.05, 3.63) is 27.8 Å². The summed E-state index contributed by atoms with van der Waals surface area (Å²) < 4.78 is 2.61. The van der Waals surface area contributed by atoms with Crippen LogP contribution in [-0.2, 0) is 6.42 Å². The Hall–Kier alpha value is -1.51. The van der Waals surface area contributed by atoms with Crippen molar-refractivity contribution in [1.82, 2.24) is 19.7 Å². The Balaban J connectivity index is 2.28. The van der Waals surface area contributed by atoms with E-state index in [1.54, 1.807) is 22.2 Å². The van der Waals surface area contributed by atoms with Crippen LogP contribution in [-0.4, -0.2) is 19.7 Å². The number of thiophene rings is 1. The van der Waals surface area contributed by atoms with Gasteiger partial charge in [0.15, 0.2) is 5.82 Å². The van der Waals surface area contributed by atoms with E-state index in [1.807, 2.05) is 6.20 Å². The molecule has 3 rings (SSSR count). The molecule has 0 radical (unpaired) electrons. The summed E-state index contributed by atoms with van der Waals surface area (Å²) in [4.78, 5) is 10.9. The van der Waals surface area contributed by atoms with Crippen LogP contribution >= 0.6 is 27.3 Å². The Morgan fingerprint density at radius 1 is 1.47 bits per heavy atom. The Morgan fingerprint density at radius 3 is 2.95 bits per heavy atom. The SMILES string of the molecule is CCc1cc2c(-n3cc(Br)cn3)nc(NN)nc2s1. The molecule has 6 nitrogen and oxygen atoms in total. The highest BCUT2D eigenvalue weighted by molar-refractivity contribution is 9.10. The summed E-state index contributed by atoms with van der Waals surface area (Å²) in [6.45, 7) is 2.12. The maximum atomic E-state index is 5.42. The highest BCUT2D eigenvalue weighted by atomic mass is 79.9. The molecule has 3 N–H and O–H groups in total. The standard InChI is InChI=1S/C11H11BrN6S/c1-2-7-3-8-9(18-5-6(12)4-14-18)15-11(17-13)16-10(8)19-7/h3-5H,2,13H2,1H3,(H,15,16,17). The third-order valence-electron chi connectivity index (χ3n) is 2.67. The summed E-state index contributed by atoms with van der Waals surface area (Å²) in [5.74, 6) is 6.53. The molecule has 0 amide bonds. The quantitative estimate of drug-likeness (QED) is 0.566. The molecule has 0 bridgehead atoms. The molecule has 0 aliphatic heterocycles. The van der Waals surface area contributed by atoms with E-state index in [1.165, 1.54) is 4.88 Å². The van der Waals surface area contributed by atoms with Gasteiger partial charge >= 0.3 is 0 Å². The molecule has 3 heterocycles. The number of hydrazine groups is 1. The second-order valence-electron chi connectivity index (χ2n) is 3.90. The first-order chi connectivity index (χ1) is 9.21. The molecule has 8 heteroatoms. The summed E-state index contributed by atoms with van der Waals surface area (Å²) in [5.41, 5.74) is 2.49. The van der Waals surface area contributed by atoms with Gasteiger partial charge in [-0.15, -0.1) is 11.3 Å². The Labute approximate surface area is 121 Å². The van der Waals surface area contributed by atoms with Gasteiger partial charge < -0.3 is 0 Å². The first-order valence-electron chi connectivity index (χ1n) is 5.69. The number of nitrogen functional groups attached to an aromatic ring is 1. The monoisotopic (exact) mass is 338 g/mol. The molecule has 3 aromatic rings. The molecule has 98 valence electrons. The zero-order valence-electron chi connectivity index (χ0n) is 10.1. The molecular weight excluding hydrogens is 328 g/mol. The maximum absolute atomic E-state index is 5.42. The fraction of sp³-hybridized carbons (Fsp3) is 0.182. The lowest BCUT2D eigenvalue weighted by molar-refractivity contribution is 0.852. The molecule has 0 fully saturated rings. The van der Waals surface area contributed by atoms with Crippen LogP contribution in [0.4, 0.5) is 5.95 Å². The maximum Gasteiger partial charge on any atom is 0.240 e. The van der Waals surface area contributed by atoms with E-state index in [-0.39, 0.29) is 0 Å². The second kappa shape index (κ2) is 4.87. The van der Waals surface area contributed by atoms with Gasteiger partial charge in [0, 0.05) is 11.1 Å². The Bertz CT molecular complexity index is 734. The summed E-state index contributed by atoms with van der Waals surface area (Å²) in [6.07, 6.45) is 4.54. The van der Waals surface area contributed by atoms with E-state index >= 15 is 0 Å². The number of hydrogen-bond donors (Lipinski definition) is 2. The van der Waals surface area contributed by atoms with Gasteiger partial charge in [0.2, 0.25) is 5.95 Å². The van der Waals surface area contributed by atoms with E-state index in [9.17, 15) is 0 Å². The number of halogens is 1. The molecule has 0 saturated heterocycles. The number of aromatic nitrogens is 4. The third kappa shape index (κ3) is 2.22. The fourth-order valence-corrected chi connectivity index (χ4v) is 3.03. The van der Waals surface area contributed by atoms with Crippen molar-refractivity contribution in [1.29, 1.82) is 0 Å². The summed E-state index contributed by atoms with van der Waals surface area (Å²) in [5, 5.41) is 5.25. The minimum absolute atomic E-state index is 0.388. The largest absolute Gasteiger partial charge is 0.292 e. The lowest BCUT2D eigenvalue weighted by Gasteiger charge is -2.04. The summed E-state index contributed by atoms with van der Waals surface area (Å²) >= 11 is 5.03. The van der Waals surface area contributed by atoms with Crippen molar-refractivity contribution in [3.63, 3.8) is 0 Å². The molecular formula is C11H11BrN6S. The van der Waals surface area contributed by atoms with Crippen LogP contribution < -0.4 is 11.3 Å². The number of aryl methyl sites for hydroxylation is 1. The number of nitrogens with zero attached hydrogens (tertiary/aromatic N) is 4. The van der Waals surface area contributed by atoms with E-state index in [0.717, 1.165) is 26.9 Å². The predicted molar refractivity (Wildman–Crippen MR) is 79.4 cm³/mol. The first kappa shape index (κ1) is 12.5. The van der Waals surface area contributed by atoms with Crippen molar-refractivity contribution >= 4 is 43.4 Å². The minimum Gasteiger partial charge on any atom is -0.292 e. The van der Waals surface area contributed by atoms with Gasteiger partial charge in [0.25, 0.3) is 0 Å². The molecule has 0 saturated carbocycles. The number of nitrogens with one attached hydrogen (secondary N) is 1. The van der Waals surface area contributed by atoms with Gasteiger partial charge in [-0.3, -0.25) is 5.43 Å². The third-order valence-corrected chi connectivity index (χ3v) is 4.25. The number of nitrogens with two attached hydrogens (primary N) is 1. The van der Waals surface area contributed by atoms with Gasteiger partial charge in [0.1, 0.15) is 4.83 Å². The van der Waals surface area contributed by atoms with Gasteiger partial charge in [0.05, 0.1) is 16.1 Å². The smallest absolute Gasteiger partial charge is 0.240 e. The van der Waals surface area contributed by atoms with Crippen molar-refractivity contribution in [2.45, 2.75) is 13.3 Å². The van der Waals surface area contributed by atoms with Gasteiger partial charge in [-0.05, 0) is 28.4 Å². The Kier molecular flexibility index (Phi) is 3.21. The van der Waals surface area contributed by atoms with Gasteiger partial charge in [-0.25, -0.2) is 15.5 Å². The highest BCUT2D eigenvalue weighted by Crippen LogP contribution is 2.29. The van der Waals surface area contributed by atoms with Crippen LogP contribution in [0.2, 0.25) is 0 Å². The van der Waals surface area contributed by atoms with Crippen LogP contribution in [0.15, 0.2) is 22.9 Å². The van der Waals surface area contributed by atoms with Crippen LogP contribution in [0.25, 0.3) is 16.0 Å². The van der Waals surface area contributed by atoms with Crippen LogP contribution in [0.5, 0.6) is 0 Å². The molecule has 0 atom stereocenters. The average Bonchev–Trinajstić information content (AvgIpc) is 3.02. The van der Waals surface area contributed by atoms with Crippen LogP contribution in [0, 0.1) is 0 Å². The minimum atomic E-state index is 0.388. The number of anilines is 1. The highest BCUT2D eigenvalue weighted by Gasteiger charge is 2.13. The molecule has 3 aromatic heterocycles. The van der Waals surface area contributed by atoms with Crippen molar-refractivity contribution in [3.8, 4) is 5.82 Å². The van der Waals surface area contributed by atoms with E-state index in [4.69, 9.17) is 5.84 Å². The number of hydrogen-bond acceptors (Lipinski definition) is 6. The van der Waals surface area contributed by atoms with Crippen LogP contribution in [0.3, 0.4) is 0 Å². The predicted octanol–water partition coefficient (Wildman–Crippen LogP) is 2.49. The van der Waals surface area contributed by atoms with E-state index in [0.29, 0.717) is 5.95 Å². The normalized spacial score (nSPS) is 11.1. The topological polar surface area (TPSA) is 81.7 Å². The fourth-order valence-electron chi connectivity index (χ4n) is 1.79. The molecule has 0 aliphatic rings. The number of rotatable bonds is 3. The summed E-state index contributed by atoms with van der Waals surface area (Å²) in [7, 11) is 0. The number of fused-ring (bicyclic) bond motifs is 1. The zero-order valence-corrected chi connectivity index (χ0v) is 12.5.